The van der Waals surface area contributed by atoms with Gasteiger partial charge in [0.15, 0.2) is 12.4 Å². The summed E-state index contributed by atoms with van der Waals surface area (Å²) in [7, 11) is 0. The first-order valence-corrected chi connectivity index (χ1v) is 9.81. The lowest BCUT2D eigenvalue weighted by Gasteiger charge is -2.39. The number of carboxylic acids is 1. The molecule has 1 aromatic heterocycles. The first kappa shape index (κ1) is 21.5. The maximum atomic E-state index is 11.2. The van der Waals surface area contributed by atoms with Gasteiger partial charge in [-0.1, -0.05) is 24.3 Å². The summed E-state index contributed by atoms with van der Waals surface area (Å²) in [4.78, 5) is 14.6. The molecule has 1 aliphatic rings. The van der Waals surface area contributed by atoms with Gasteiger partial charge in [-0.3, -0.25) is 0 Å². The first-order valence-electron chi connectivity index (χ1n) is 9.81. The monoisotopic (exact) mass is 432 g/mol. The number of nitrogens with one attached hydrogen (secondary N) is 1. The lowest BCUT2D eigenvalue weighted by Crippen LogP contribution is -2.61. The molecule has 10 heteroatoms. The minimum Gasteiger partial charge on any atom is -0.490 e. The van der Waals surface area contributed by atoms with E-state index in [1.54, 1.807) is 0 Å². The maximum Gasteiger partial charge on any atom is 0.335 e. The number of rotatable bonds is 7. The van der Waals surface area contributed by atoms with Crippen molar-refractivity contribution in [1.82, 2.24) is 4.98 Å². The number of carboxylic acid groups (broad SMARTS) is 1. The van der Waals surface area contributed by atoms with E-state index in [1.807, 2.05) is 42.5 Å². The molecule has 2 heterocycles. The largest absolute Gasteiger partial charge is 0.490 e. The summed E-state index contributed by atoms with van der Waals surface area (Å²) in [6.45, 7) is -0.0368. The molecule has 166 valence electrons. The predicted molar refractivity (Wildman–Crippen MR) is 110 cm³/mol. The van der Waals surface area contributed by atoms with Crippen LogP contribution in [0, 0.1) is 0 Å². The molecule has 0 spiro atoms. The number of benzene rings is 2. The van der Waals surface area contributed by atoms with E-state index in [-0.39, 0.29) is 13.2 Å². The molecule has 0 aliphatic carbocycles. The zero-order valence-electron chi connectivity index (χ0n) is 16.4. The fraction of sp³-hybridized carbons (Fsp3) is 0.381. The van der Waals surface area contributed by atoms with Gasteiger partial charge >= 0.3 is 5.97 Å². The van der Waals surface area contributed by atoms with E-state index in [0.717, 1.165) is 21.8 Å². The Labute approximate surface area is 176 Å². The number of ether oxygens (including phenoxy) is 3. The Morgan fingerprint density at radius 1 is 1.06 bits per heavy atom. The molecule has 0 saturated carbocycles. The van der Waals surface area contributed by atoms with Crippen LogP contribution in [0.1, 0.15) is 0 Å². The van der Waals surface area contributed by atoms with Crippen LogP contribution in [0.15, 0.2) is 42.5 Å². The second-order valence-corrected chi connectivity index (χ2v) is 7.39. The summed E-state index contributed by atoms with van der Waals surface area (Å²) in [5, 5.41) is 40.9. The number of carbonyl (C=O) groups is 1. The molecule has 0 amide bonds. The second kappa shape index (κ2) is 8.79. The standard InChI is InChI=1S/C21H24N2O8/c22-8-10(30-21-18(26)16(24)17(25)19(31-21)20(27)28)9-29-14-7-3-6-13-15(14)11-4-1-2-5-12(11)23-13/h1-7,10,16-19,21,23-26H,8-9,22H2,(H,27,28)/t10-,16+,17+,18-,19+,21-/m1/s1. The molecular formula is C21H24N2O8. The van der Waals surface area contributed by atoms with Crippen molar-refractivity contribution < 1.29 is 39.4 Å². The number of hydrogen-bond donors (Lipinski definition) is 6. The smallest absolute Gasteiger partial charge is 0.335 e. The molecule has 0 radical (unpaired) electrons. The normalized spacial score (nSPS) is 27.4. The summed E-state index contributed by atoms with van der Waals surface area (Å²) in [6.07, 6.45) is -9.23. The van der Waals surface area contributed by atoms with Crippen molar-refractivity contribution in [3.8, 4) is 5.75 Å². The average Bonchev–Trinajstić information content (AvgIpc) is 3.15. The molecule has 7 N–H and O–H groups in total. The molecule has 1 fully saturated rings. The number of H-pyrrole nitrogens is 1. The summed E-state index contributed by atoms with van der Waals surface area (Å²) >= 11 is 0. The van der Waals surface area contributed by atoms with Gasteiger partial charge in [0.05, 0.1) is 5.52 Å². The third kappa shape index (κ3) is 4.09. The quantitative estimate of drug-likeness (QED) is 0.299. The lowest BCUT2D eigenvalue weighted by atomic mass is 9.99. The molecule has 0 bridgehead atoms. The molecule has 6 atom stereocenters. The zero-order valence-corrected chi connectivity index (χ0v) is 16.4. The van der Waals surface area contributed by atoms with Crippen LogP contribution in [-0.4, -0.2) is 81.3 Å². The van der Waals surface area contributed by atoms with Gasteiger partial charge in [-0.25, -0.2) is 4.79 Å². The lowest BCUT2D eigenvalue weighted by molar-refractivity contribution is -0.304. The van der Waals surface area contributed by atoms with Gasteiger partial charge < -0.3 is 45.4 Å². The van der Waals surface area contributed by atoms with Crippen molar-refractivity contribution in [2.24, 2.45) is 5.73 Å². The number of aromatic amines is 1. The Bertz CT molecular complexity index is 1070. The molecule has 1 aliphatic heterocycles. The summed E-state index contributed by atoms with van der Waals surface area (Å²) in [6, 6.07) is 13.4. The van der Waals surface area contributed by atoms with Gasteiger partial charge in [-0.05, 0) is 18.2 Å². The Morgan fingerprint density at radius 3 is 2.55 bits per heavy atom. The average molecular weight is 432 g/mol. The van der Waals surface area contributed by atoms with Crippen LogP contribution in [0.3, 0.4) is 0 Å². The van der Waals surface area contributed by atoms with Crippen LogP contribution in [0.4, 0.5) is 0 Å². The zero-order chi connectivity index (χ0) is 22.1. The third-order valence-corrected chi connectivity index (χ3v) is 5.32. The van der Waals surface area contributed by atoms with Crippen LogP contribution in [0.25, 0.3) is 21.8 Å². The number of fused-ring (bicyclic) bond motifs is 3. The van der Waals surface area contributed by atoms with Crippen LogP contribution in [0.5, 0.6) is 5.75 Å². The molecule has 10 nitrogen and oxygen atoms in total. The van der Waals surface area contributed by atoms with E-state index in [0.29, 0.717) is 5.75 Å². The summed E-state index contributed by atoms with van der Waals surface area (Å²) in [5.41, 5.74) is 7.63. The van der Waals surface area contributed by atoms with Gasteiger partial charge in [0, 0.05) is 22.8 Å². The number of hydrogen-bond acceptors (Lipinski definition) is 8. The first-order chi connectivity index (χ1) is 14.9. The summed E-state index contributed by atoms with van der Waals surface area (Å²) in [5.74, 6) is -0.889. The van der Waals surface area contributed by atoms with Gasteiger partial charge in [0.1, 0.15) is 36.8 Å². The topological polar surface area (TPSA) is 167 Å². The predicted octanol–water partition coefficient (Wildman–Crippen LogP) is -0.0640. The van der Waals surface area contributed by atoms with E-state index in [1.165, 1.54) is 0 Å². The summed E-state index contributed by atoms with van der Waals surface area (Å²) < 4.78 is 16.7. The fourth-order valence-corrected chi connectivity index (χ4v) is 3.69. The second-order valence-electron chi connectivity index (χ2n) is 7.39. The van der Waals surface area contributed by atoms with Gasteiger partial charge in [-0.15, -0.1) is 0 Å². The highest BCUT2D eigenvalue weighted by Crippen LogP contribution is 2.33. The highest BCUT2D eigenvalue weighted by molar-refractivity contribution is 6.10. The molecule has 0 unspecified atom stereocenters. The molecule has 3 aromatic rings. The van der Waals surface area contributed by atoms with Crippen molar-refractivity contribution in [1.29, 1.82) is 0 Å². The van der Waals surface area contributed by atoms with E-state index in [2.05, 4.69) is 4.98 Å². The highest BCUT2D eigenvalue weighted by Gasteiger charge is 2.48. The number of para-hydroxylation sites is 1. The van der Waals surface area contributed by atoms with Crippen molar-refractivity contribution in [2.45, 2.75) is 36.8 Å². The maximum absolute atomic E-state index is 11.2. The van der Waals surface area contributed by atoms with Gasteiger partial charge in [0.25, 0.3) is 0 Å². The highest BCUT2D eigenvalue weighted by atomic mass is 16.7. The molecule has 2 aromatic carbocycles. The number of nitrogens with two attached hydrogens (primary N) is 1. The Kier molecular flexibility index (Phi) is 6.10. The minimum atomic E-state index is -1.79. The van der Waals surface area contributed by atoms with Crippen LogP contribution in [-0.2, 0) is 14.3 Å². The van der Waals surface area contributed by atoms with Crippen LogP contribution < -0.4 is 10.5 Å². The molecule has 4 rings (SSSR count). The van der Waals surface area contributed by atoms with E-state index in [9.17, 15) is 20.1 Å². The van der Waals surface area contributed by atoms with Gasteiger partial charge in [0.2, 0.25) is 0 Å². The van der Waals surface area contributed by atoms with Gasteiger partial charge in [-0.2, -0.15) is 0 Å². The number of aliphatic hydroxyl groups excluding tert-OH is 3. The number of aliphatic carboxylic acids is 1. The van der Waals surface area contributed by atoms with Crippen molar-refractivity contribution in [2.75, 3.05) is 13.2 Å². The van der Waals surface area contributed by atoms with Crippen molar-refractivity contribution >= 4 is 27.8 Å². The molecular weight excluding hydrogens is 408 g/mol. The molecule has 31 heavy (non-hydrogen) atoms. The Balaban J connectivity index is 1.50. The number of aromatic nitrogens is 1. The Hall–Kier alpha value is -2.73. The minimum absolute atomic E-state index is 0.0158. The Morgan fingerprint density at radius 2 is 1.81 bits per heavy atom. The van der Waals surface area contributed by atoms with Crippen LogP contribution >= 0.6 is 0 Å². The fourth-order valence-electron chi connectivity index (χ4n) is 3.69. The van der Waals surface area contributed by atoms with Crippen molar-refractivity contribution in [3.05, 3.63) is 42.5 Å². The van der Waals surface area contributed by atoms with E-state index >= 15 is 0 Å². The van der Waals surface area contributed by atoms with E-state index in [4.69, 9.17) is 25.1 Å². The third-order valence-electron chi connectivity index (χ3n) is 5.32. The molecule has 1 saturated heterocycles. The SMILES string of the molecule is NC[C@H](COc1cccc2[nH]c3ccccc3c12)O[C@@H]1O[C@H](C(=O)O)[C@@H](O)[C@H](O)[C@H]1O. The van der Waals surface area contributed by atoms with E-state index < -0.39 is 42.8 Å². The van der Waals surface area contributed by atoms with Crippen LogP contribution in [0.2, 0.25) is 0 Å². The number of aliphatic hydroxyl groups is 3. The van der Waals surface area contributed by atoms with Crippen molar-refractivity contribution in [3.63, 3.8) is 0 Å².